The molecule has 9 nitrogen and oxygen atoms in total. The molecule has 12 heteroatoms. The molecule has 5 rings (SSSR count). The number of nitrogens with zero attached hydrogens (tertiary/aromatic N) is 3. The lowest BCUT2D eigenvalue weighted by Crippen LogP contribution is -2.31. The van der Waals surface area contributed by atoms with Gasteiger partial charge in [-0.05, 0) is 77.7 Å². The number of fused-ring (bicyclic) bond motifs is 1. The maximum atomic E-state index is 14.1. The zero-order valence-electron chi connectivity index (χ0n) is 26.2. The molecule has 0 radical (unpaired) electrons. The van der Waals surface area contributed by atoms with Crippen molar-refractivity contribution >= 4 is 56.8 Å². The number of carbonyl (C=O) groups excluding carboxylic acids is 1. The van der Waals surface area contributed by atoms with Gasteiger partial charge in [-0.25, -0.2) is 4.68 Å². The summed E-state index contributed by atoms with van der Waals surface area (Å²) in [6.45, 7) is 6.97. The molecule has 1 aliphatic heterocycles. The zero-order valence-corrected chi connectivity index (χ0v) is 29.4. The van der Waals surface area contributed by atoms with Gasteiger partial charge in [0.2, 0.25) is 11.1 Å². The lowest BCUT2D eigenvalue weighted by atomic mass is 9.94. The second kappa shape index (κ2) is 15.8. The predicted octanol–water partition coefficient (Wildman–Crippen LogP) is 8.89. The van der Waals surface area contributed by atoms with Crippen LogP contribution in [0.5, 0.6) is 17.2 Å². The minimum Gasteiger partial charge on any atom is -0.495 e. The van der Waals surface area contributed by atoms with Crippen LogP contribution < -0.4 is 24.8 Å². The van der Waals surface area contributed by atoms with Crippen molar-refractivity contribution in [2.75, 3.05) is 31.0 Å². The van der Waals surface area contributed by atoms with Gasteiger partial charge >= 0.3 is 0 Å². The predicted molar refractivity (Wildman–Crippen MR) is 187 cm³/mol. The molecule has 1 unspecified atom stereocenters. The standard InChI is InChI=1S/C34H37BrClN5O4S/c1-5-7-12-17-45-31-24(35)18-23(19-28(31)44-6-2)30-29(32(42)38-26-15-10-11-16-27(26)43-4)21(3)37-33-39-34(40-41(30)33)46-20-22-13-8-9-14-25(22)36/h8-11,13-16,18-19,30H,5-7,12,17,20H2,1-4H3,(H,38,42)(H,37,39,40). The SMILES string of the molecule is CCCCCOc1c(Br)cc(C2C(C(=O)Nc3ccccc3OC)=C(C)Nc3nc(SCc4ccccc4Cl)nn32)cc1OCC. The number of aromatic nitrogens is 3. The van der Waals surface area contributed by atoms with Crippen LogP contribution in [0.1, 0.15) is 57.2 Å². The Morgan fingerprint density at radius 3 is 2.63 bits per heavy atom. The van der Waals surface area contributed by atoms with E-state index in [9.17, 15) is 4.79 Å². The van der Waals surface area contributed by atoms with Crippen LogP contribution >= 0.6 is 39.3 Å². The summed E-state index contributed by atoms with van der Waals surface area (Å²) in [5.74, 6) is 2.57. The smallest absolute Gasteiger partial charge is 0.255 e. The lowest BCUT2D eigenvalue weighted by molar-refractivity contribution is -0.113. The van der Waals surface area contributed by atoms with Crippen LogP contribution in [-0.2, 0) is 10.5 Å². The van der Waals surface area contributed by atoms with Crippen LogP contribution in [0.4, 0.5) is 11.6 Å². The number of nitrogens with one attached hydrogen (secondary N) is 2. The number of para-hydroxylation sites is 2. The van der Waals surface area contributed by atoms with E-state index in [1.165, 1.54) is 11.8 Å². The molecule has 242 valence electrons. The fraction of sp³-hybridized carbons (Fsp3) is 0.324. The van der Waals surface area contributed by atoms with Gasteiger partial charge in [0.05, 0.1) is 36.1 Å². The van der Waals surface area contributed by atoms with E-state index in [2.05, 4.69) is 33.5 Å². The molecule has 0 saturated carbocycles. The van der Waals surface area contributed by atoms with Crippen LogP contribution in [0.3, 0.4) is 0 Å². The fourth-order valence-corrected chi connectivity index (χ4v) is 6.85. The summed E-state index contributed by atoms with van der Waals surface area (Å²) in [5, 5.41) is 12.5. The molecule has 46 heavy (non-hydrogen) atoms. The molecule has 4 aromatic rings. The first-order valence-electron chi connectivity index (χ1n) is 15.2. The van der Waals surface area contributed by atoms with Crippen molar-refractivity contribution in [1.82, 2.24) is 14.8 Å². The van der Waals surface area contributed by atoms with Crippen molar-refractivity contribution in [3.05, 3.63) is 92.6 Å². The van der Waals surface area contributed by atoms with E-state index in [0.717, 1.165) is 34.9 Å². The first-order valence-corrected chi connectivity index (χ1v) is 17.3. The number of ether oxygens (including phenoxy) is 3. The van der Waals surface area contributed by atoms with Gasteiger partial charge in [-0.1, -0.05) is 73.5 Å². The Morgan fingerprint density at radius 1 is 1.09 bits per heavy atom. The molecular formula is C34H37BrClN5O4S. The number of amides is 1. The van der Waals surface area contributed by atoms with E-state index in [0.29, 0.717) is 69.3 Å². The van der Waals surface area contributed by atoms with Gasteiger partial charge in [-0.15, -0.1) is 5.10 Å². The molecule has 2 N–H and O–H groups in total. The fourth-order valence-electron chi connectivity index (χ4n) is 5.17. The third-order valence-corrected chi connectivity index (χ3v) is 9.23. The Bertz CT molecular complexity index is 1730. The maximum absolute atomic E-state index is 14.1. The third-order valence-electron chi connectivity index (χ3n) is 7.39. The Labute approximate surface area is 287 Å². The van der Waals surface area contributed by atoms with Crippen LogP contribution in [0, 0.1) is 0 Å². The van der Waals surface area contributed by atoms with Crippen molar-refractivity contribution in [2.45, 2.75) is 57.0 Å². The van der Waals surface area contributed by atoms with E-state index >= 15 is 0 Å². The van der Waals surface area contributed by atoms with Gasteiger partial charge in [-0.3, -0.25) is 4.79 Å². The minimum atomic E-state index is -0.641. The summed E-state index contributed by atoms with van der Waals surface area (Å²) in [7, 11) is 1.57. The Balaban J connectivity index is 1.56. The molecule has 0 fully saturated rings. The Kier molecular flexibility index (Phi) is 11.5. The highest BCUT2D eigenvalue weighted by Crippen LogP contribution is 2.44. The van der Waals surface area contributed by atoms with Crippen LogP contribution in [0.2, 0.25) is 5.02 Å². The van der Waals surface area contributed by atoms with Crippen LogP contribution in [0.25, 0.3) is 0 Å². The van der Waals surface area contributed by atoms with Gasteiger partial charge < -0.3 is 24.8 Å². The van der Waals surface area contributed by atoms with Gasteiger partial charge in [-0.2, -0.15) is 4.98 Å². The zero-order chi connectivity index (χ0) is 32.6. The molecule has 0 spiro atoms. The topological polar surface area (TPSA) is 99.5 Å². The van der Waals surface area contributed by atoms with Crippen molar-refractivity contribution in [1.29, 1.82) is 0 Å². The van der Waals surface area contributed by atoms with E-state index in [-0.39, 0.29) is 5.91 Å². The third kappa shape index (κ3) is 7.65. The Hall–Kier alpha value is -3.67. The van der Waals surface area contributed by atoms with E-state index in [1.807, 2.05) is 62.4 Å². The number of benzene rings is 3. The quantitative estimate of drug-likeness (QED) is 0.0983. The number of unbranched alkanes of at least 4 members (excludes halogenated alkanes) is 2. The van der Waals surface area contributed by atoms with E-state index < -0.39 is 6.04 Å². The number of methoxy groups -OCH3 is 1. The average molecular weight is 727 g/mol. The summed E-state index contributed by atoms with van der Waals surface area (Å²) < 4.78 is 20.2. The second-order valence-electron chi connectivity index (χ2n) is 10.6. The van der Waals surface area contributed by atoms with E-state index in [1.54, 1.807) is 23.9 Å². The number of rotatable bonds is 14. The summed E-state index contributed by atoms with van der Waals surface area (Å²) in [6.07, 6.45) is 3.12. The highest BCUT2D eigenvalue weighted by atomic mass is 79.9. The number of allylic oxidation sites excluding steroid dienone is 1. The number of carbonyl (C=O) groups is 1. The monoisotopic (exact) mass is 725 g/mol. The minimum absolute atomic E-state index is 0.306. The van der Waals surface area contributed by atoms with Crippen LogP contribution in [0.15, 0.2) is 81.6 Å². The summed E-state index contributed by atoms with van der Waals surface area (Å²) in [5.41, 5.74) is 3.43. The van der Waals surface area contributed by atoms with Gasteiger partial charge in [0.1, 0.15) is 11.8 Å². The van der Waals surface area contributed by atoms with Gasteiger partial charge in [0.15, 0.2) is 11.5 Å². The van der Waals surface area contributed by atoms with Crippen LogP contribution in [-0.4, -0.2) is 41.0 Å². The number of hydrogen-bond acceptors (Lipinski definition) is 8. The summed E-state index contributed by atoms with van der Waals surface area (Å²) in [4.78, 5) is 18.9. The molecule has 1 aromatic heterocycles. The van der Waals surface area contributed by atoms with Crippen molar-refractivity contribution in [2.24, 2.45) is 0 Å². The highest BCUT2D eigenvalue weighted by molar-refractivity contribution is 9.10. The molecule has 2 heterocycles. The van der Waals surface area contributed by atoms with Crippen molar-refractivity contribution in [3.63, 3.8) is 0 Å². The highest BCUT2D eigenvalue weighted by Gasteiger charge is 2.36. The van der Waals surface area contributed by atoms with Gasteiger partial charge in [0, 0.05) is 16.5 Å². The van der Waals surface area contributed by atoms with Gasteiger partial charge in [0.25, 0.3) is 5.91 Å². The Morgan fingerprint density at radius 2 is 1.87 bits per heavy atom. The number of thioether (sulfide) groups is 1. The number of hydrogen-bond donors (Lipinski definition) is 2. The molecule has 0 aliphatic carbocycles. The number of anilines is 2. The first-order chi connectivity index (χ1) is 22.3. The van der Waals surface area contributed by atoms with Crippen molar-refractivity contribution < 1.29 is 19.0 Å². The molecule has 3 aromatic carbocycles. The molecule has 0 saturated heterocycles. The molecule has 0 bridgehead atoms. The lowest BCUT2D eigenvalue weighted by Gasteiger charge is -2.29. The summed E-state index contributed by atoms with van der Waals surface area (Å²) in [6, 6.07) is 18.2. The average Bonchev–Trinajstić information content (AvgIpc) is 3.45. The largest absolute Gasteiger partial charge is 0.495 e. The molecule has 1 aliphatic rings. The number of halogens is 2. The summed E-state index contributed by atoms with van der Waals surface area (Å²) >= 11 is 11.6. The van der Waals surface area contributed by atoms with Crippen molar-refractivity contribution in [3.8, 4) is 17.2 Å². The second-order valence-corrected chi connectivity index (χ2v) is 12.8. The normalized spacial score (nSPS) is 14.0. The maximum Gasteiger partial charge on any atom is 0.255 e. The first kappa shape index (κ1) is 33.7. The van der Waals surface area contributed by atoms with E-state index in [4.69, 9.17) is 35.9 Å². The molecule has 1 atom stereocenters. The molecular weight excluding hydrogens is 690 g/mol. The molecule has 1 amide bonds.